The van der Waals surface area contributed by atoms with Gasteiger partial charge in [0.15, 0.2) is 0 Å². The van der Waals surface area contributed by atoms with Crippen LogP contribution >= 0.6 is 11.8 Å². The van der Waals surface area contributed by atoms with Crippen molar-refractivity contribution in [2.45, 2.75) is 25.3 Å². The fourth-order valence-electron chi connectivity index (χ4n) is 2.28. The number of aromatic nitrogens is 2. The summed E-state index contributed by atoms with van der Waals surface area (Å²) in [6.07, 6.45) is 1.79. The second-order valence-electron chi connectivity index (χ2n) is 5.08. The van der Waals surface area contributed by atoms with E-state index in [1.165, 1.54) is 4.68 Å². The lowest BCUT2D eigenvalue weighted by Gasteiger charge is -2.10. The summed E-state index contributed by atoms with van der Waals surface area (Å²) in [5.74, 6) is 0.443. The van der Waals surface area contributed by atoms with Crippen molar-refractivity contribution in [3.05, 3.63) is 58.4 Å². The number of nitrogens with zero attached hydrogens (tertiary/aromatic N) is 3. The molecule has 1 heterocycles. The largest absolute Gasteiger partial charge is 0.323 e. The molecule has 2 aromatic rings. The van der Waals surface area contributed by atoms with Gasteiger partial charge in [-0.15, -0.1) is 18.3 Å². The standard InChI is InChI=1S/C16H18N4O3S/c1-4-9-24-14-8-6-5-7-13(14)17-15(21)10-19-12(3)16(20(22)23)11(2)18-19/h4-8H,1,9-10H2,2-3H3,(H,17,21). The molecule has 0 aliphatic carbocycles. The van der Waals surface area contributed by atoms with Crippen LogP contribution in [0.5, 0.6) is 0 Å². The fraction of sp³-hybridized carbons (Fsp3) is 0.250. The van der Waals surface area contributed by atoms with Crippen LogP contribution < -0.4 is 5.32 Å². The molecule has 0 atom stereocenters. The Labute approximate surface area is 143 Å². The summed E-state index contributed by atoms with van der Waals surface area (Å²) in [4.78, 5) is 23.8. The number of rotatable bonds is 7. The van der Waals surface area contributed by atoms with Crippen LogP contribution in [0.25, 0.3) is 0 Å². The molecule has 7 nitrogen and oxygen atoms in total. The third-order valence-electron chi connectivity index (χ3n) is 3.34. The molecule has 0 saturated carbocycles. The maximum absolute atomic E-state index is 12.3. The molecule has 0 unspecified atom stereocenters. The maximum atomic E-state index is 12.3. The lowest BCUT2D eigenvalue weighted by molar-refractivity contribution is -0.386. The van der Waals surface area contributed by atoms with Crippen LogP contribution in [0.3, 0.4) is 0 Å². The van der Waals surface area contributed by atoms with Crippen LogP contribution in [0.1, 0.15) is 11.4 Å². The van der Waals surface area contributed by atoms with E-state index < -0.39 is 4.92 Å². The Balaban J connectivity index is 2.13. The van der Waals surface area contributed by atoms with Gasteiger partial charge in [-0.25, -0.2) is 0 Å². The van der Waals surface area contributed by atoms with Gasteiger partial charge >= 0.3 is 5.69 Å². The van der Waals surface area contributed by atoms with Gasteiger partial charge in [0.05, 0.1) is 10.6 Å². The number of amides is 1. The predicted octanol–water partition coefficient (Wildman–Crippen LogP) is 3.32. The van der Waals surface area contributed by atoms with Gasteiger partial charge in [-0.3, -0.25) is 19.6 Å². The molecule has 1 N–H and O–H groups in total. The van der Waals surface area contributed by atoms with E-state index in [1.807, 2.05) is 24.3 Å². The van der Waals surface area contributed by atoms with Crippen molar-refractivity contribution in [2.75, 3.05) is 11.1 Å². The van der Waals surface area contributed by atoms with E-state index in [2.05, 4.69) is 17.0 Å². The van der Waals surface area contributed by atoms with Crippen molar-refractivity contribution >= 4 is 29.0 Å². The lowest BCUT2D eigenvalue weighted by Crippen LogP contribution is -2.20. The molecule has 0 saturated heterocycles. The highest BCUT2D eigenvalue weighted by atomic mass is 32.2. The Morgan fingerprint density at radius 3 is 2.79 bits per heavy atom. The number of hydrogen-bond acceptors (Lipinski definition) is 5. The Morgan fingerprint density at radius 1 is 1.46 bits per heavy atom. The molecule has 1 amide bonds. The lowest BCUT2D eigenvalue weighted by atomic mass is 10.3. The first-order valence-corrected chi connectivity index (χ1v) is 8.23. The first-order chi connectivity index (χ1) is 11.4. The highest BCUT2D eigenvalue weighted by Gasteiger charge is 2.22. The summed E-state index contributed by atoms with van der Waals surface area (Å²) in [6, 6.07) is 7.46. The Morgan fingerprint density at radius 2 is 2.17 bits per heavy atom. The average Bonchev–Trinajstić information content (AvgIpc) is 2.80. The monoisotopic (exact) mass is 346 g/mol. The minimum absolute atomic E-state index is 0.0512. The molecule has 0 radical (unpaired) electrons. The molecule has 0 aliphatic rings. The molecule has 1 aromatic carbocycles. The van der Waals surface area contributed by atoms with Crippen LogP contribution in [-0.2, 0) is 11.3 Å². The summed E-state index contributed by atoms with van der Waals surface area (Å²) < 4.78 is 1.35. The molecule has 1 aromatic heterocycles. The van der Waals surface area contributed by atoms with E-state index in [0.717, 1.165) is 10.6 Å². The Bertz CT molecular complexity index is 786. The number of carbonyl (C=O) groups excluding carboxylic acids is 1. The van der Waals surface area contributed by atoms with E-state index in [1.54, 1.807) is 31.7 Å². The highest BCUT2D eigenvalue weighted by molar-refractivity contribution is 7.99. The highest BCUT2D eigenvalue weighted by Crippen LogP contribution is 2.27. The summed E-state index contributed by atoms with van der Waals surface area (Å²) in [7, 11) is 0. The van der Waals surface area contributed by atoms with E-state index in [-0.39, 0.29) is 18.1 Å². The summed E-state index contributed by atoms with van der Waals surface area (Å²) in [5, 5.41) is 17.9. The molecule has 126 valence electrons. The third kappa shape index (κ3) is 4.02. The van der Waals surface area contributed by atoms with Crippen molar-refractivity contribution < 1.29 is 9.72 Å². The number of benzene rings is 1. The second kappa shape index (κ2) is 7.78. The molecule has 0 spiro atoms. The maximum Gasteiger partial charge on any atom is 0.312 e. The van der Waals surface area contributed by atoms with Crippen molar-refractivity contribution in [3.63, 3.8) is 0 Å². The van der Waals surface area contributed by atoms with Gasteiger partial charge < -0.3 is 5.32 Å². The quantitative estimate of drug-likeness (QED) is 0.359. The molecular formula is C16H18N4O3S. The van der Waals surface area contributed by atoms with Gasteiger partial charge in [0.1, 0.15) is 17.9 Å². The molecule has 0 aliphatic heterocycles. The number of nitrogens with one attached hydrogen (secondary N) is 1. The Kier molecular flexibility index (Phi) is 5.75. The minimum Gasteiger partial charge on any atom is -0.323 e. The van der Waals surface area contributed by atoms with Crippen molar-refractivity contribution in [2.24, 2.45) is 0 Å². The zero-order chi connectivity index (χ0) is 17.7. The number of para-hydroxylation sites is 1. The van der Waals surface area contributed by atoms with Crippen LogP contribution in [-0.4, -0.2) is 26.4 Å². The summed E-state index contributed by atoms with van der Waals surface area (Å²) in [5.41, 5.74) is 1.31. The van der Waals surface area contributed by atoms with Gasteiger partial charge in [-0.05, 0) is 26.0 Å². The first-order valence-electron chi connectivity index (χ1n) is 7.25. The molecule has 24 heavy (non-hydrogen) atoms. The van der Waals surface area contributed by atoms with Gasteiger partial charge in [-0.1, -0.05) is 18.2 Å². The van der Waals surface area contributed by atoms with E-state index in [9.17, 15) is 14.9 Å². The smallest absolute Gasteiger partial charge is 0.312 e. The second-order valence-corrected chi connectivity index (χ2v) is 6.14. The van der Waals surface area contributed by atoms with Gasteiger partial charge in [0.2, 0.25) is 5.91 Å². The van der Waals surface area contributed by atoms with Gasteiger partial charge in [0.25, 0.3) is 0 Å². The number of anilines is 1. The Hall–Kier alpha value is -2.61. The van der Waals surface area contributed by atoms with E-state index in [4.69, 9.17) is 0 Å². The average molecular weight is 346 g/mol. The van der Waals surface area contributed by atoms with Crippen molar-refractivity contribution in [3.8, 4) is 0 Å². The van der Waals surface area contributed by atoms with E-state index >= 15 is 0 Å². The molecule has 8 heteroatoms. The zero-order valence-electron chi connectivity index (χ0n) is 13.5. The van der Waals surface area contributed by atoms with Crippen LogP contribution in [0.2, 0.25) is 0 Å². The first kappa shape index (κ1) is 17.7. The molecule has 2 rings (SSSR count). The van der Waals surface area contributed by atoms with Crippen LogP contribution in [0.15, 0.2) is 41.8 Å². The fourth-order valence-corrected chi connectivity index (χ4v) is 3.02. The number of hydrogen-bond donors (Lipinski definition) is 1. The molecule has 0 bridgehead atoms. The SMILES string of the molecule is C=CCSc1ccccc1NC(=O)Cn1nc(C)c([N+](=O)[O-])c1C. The number of carbonyl (C=O) groups is 1. The van der Waals surface area contributed by atoms with E-state index in [0.29, 0.717) is 17.1 Å². The number of aryl methyl sites for hydroxylation is 1. The zero-order valence-corrected chi connectivity index (χ0v) is 14.3. The molecule has 0 fully saturated rings. The van der Waals surface area contributed by atoms with Crippen molar-refractivity contribution in [1.82, 2.24) is 9.78 Å². The third-order valence-corrected chi connectivity index (χ3v) is 4.41. The number of thioether (sulfide) groups is 1. The van der Waals surface area contributed by atoms with Gasteiger partial charge in [-0.2, -0.15) is 5.10 Å². The van der Waals surface area contributed by atoms with Crippen LogP contribution in [0.4, 0.5) is 11.4 Å². The van der Waals surface area contributed by atoms with Crippen molar-refractivity contribution in [1.29, 1.82) is 0 Å². The normalized spacial score (nSPS) is 10.4. The molecular weight excluding hydrogens is 328 g/mol. The predicted molar refractivity (Wildman–Crippen MR) is 94.3 cm³/mol. The minimum atomic E-state index is -0.479. The van der Waals surface area contributed by atoms with Crippen LogP contribution in [0, 0.1) is 24.0 Å². The summed E-state index contributed by atoms with van der Waals surface area (Å²) >= 11 is 1.56. The van der Waals surface area contributed by atoms with Gasteiger partial charge in [0, 0.05) is 10.6 Å². The summed E-state index contributed by atoms with van der Waals surface area (Å²) in [6.45, 7) is 6.74. The topological polar surface area (TPSA) is 90.1 Å². The number of nitro groups is 1.